The fourth-order valence-corrected chi connectivity index (χ4v) is 2.77. The van der Waals surface area contributed by atoms with Crippen LogP contribution in [0.1, 0.15) is 12.7 Å². The lowest BCUT2D eigenvalue weighted by Gasteiger charge is -1.96. The van der Waals surface area contributed by atoms with Crippen molar-refractivity contribution in [3.8, 4) is 16.3 Å². The van der Waals surface area contributed by atoms with Crippen LogP contribution in [0.2, 0.25) is 0 Å². The number of aryl methyl sites for hydroxylation is 1. The first-order valence-corrected chi connectivity index (χ1v) is 6.87. The van der Waals surface area contributed by atoms with Gasteiger partial charge in [0.05, 0.1) is 17.3 Å². The Bertz CT molecular complexity index is 706. The lowest BCUT2D eigenvalue weighted by Crippen LogP contribution is -1.91. The van der Waals surface area contributed by atoms with E-state index in [9.17, 15) is 0 Å². The fraction of sp³-hybridized carbons (Fsp3) is 0.214. The van der Waals surface area contributed by atoms with Gasteiger partial charge in [0.2, 0.25) is 0 Å². The van der Waals surface area contributed by atoms with Gasteiger partial charge in [-0.05, 0) is 18.2 Å². The molecule has 4 nitrogen and oxygen atoms in total. The molecule has 0 aliphatic carbocycles. The topological polar surface area (TPSA) is 47.9 Å². The molecule has 0 aliphatic heterocycles. The lowest BCUT2D eigenvalue weighted by atomic mass is 10.3. The van der Waals surface area contributed by atoms with E-state index in [2.05, 4.69) is 15.0 Å². The Morgan fingerprint density at radius 3 is 2.68 bits per heavy atom. The summed E-state index contributed by atoms with van der Waals surface area (Å²) >= 11 is 1.62. The van der Waals surface area contributed by atoms with Gasteiger partial charge in [0.25, 0.3) is 0 Å². The number of methoxy groups -OCH3 is 1. The van der Waals surface area contributed by atoms with Gasteiger partial charge in [-0.25, -0.2) is 15.0 Å². The van der Waals surface area contributed by atoms with Crippen molar-refractivity contribution in [2.24, 2.45) is 0 Å². The normalized spacial score (nSPS) is 10.8. The Hall–Kier alpha value is -2.01. The smallest absolute Gasteiger partial charge is 0.127 e. The number of thiazole rings is 1. The molecule has 0 unspecified atom stereocenters. The SMILES string of the molecule is CCc1ncc(-c2nc3ccc(OC)cc3s2)cn1. The minimum absolute atomic E-state index is 0.845. The number of ether oxygens (including phenoxy) is 1. The molecule has 0 atom stereocenters. The zero-order valence-corrected chi connectivity index (χ0v) is 11.6. The largest absolute Gasteiger partial charge is 0.497 e. The molecule has 0 spiro atoms. The van der Waals surface area contributed by atoms with Crippen LogP contribution in [0, 0.1) is 0 Å². The molecule has 3 aromatic rings. The van der Waals surface area contributed by atoms with E-state index in [-0.39, 0.29) is 0 Å². The third kappa shape index (κ3) is 2.29. The van der Waals surface area contributed by atoms with Crippen molar-refractivity contribution in [3.63, 3.8) is 0 Å². The van der Waals surface area contributed by atoms with Gasteiger partial charge < -0.3 is 4.74 Å². The second-order valence-electron chi connectivity index (χ2n) is 4.09. The summed E-state index contributed by atoms with van der Waals surface area (Å²) in [4.78, 5) is 13.2. The van der Waals surface area contributed by atoms with Crippen LogP contribution in [-0.4, -0.2) is 22.1 Å². The van der Waals surface area contributed by atoms with E-state index in [0.717, 1.165) is 38.8 Å². The van der Waals surface area contributed by atoms with Crippen LogP contribution >= 0.6 is 11.3 Å². The molecule has 0 saturated carbocycles. The van der Waals surface area contributed by atoms with Gasteiger partial charge in [0.1, 0.15) is 16.6 Å². The molecule has 0 saturated heterocycles. The summed E-state index contributed by atoms with van der Waals surface area (Å²) in [7, 11) is 1.67. The predicted molar refractivity (Wildman–Crippen MR) is 76.6 cm³/mol. The highest BCUT2D eigenvalue weighted by molar-refractivity contribution is 7.21. The van der Waals surface area contributed by atoms with Crippen molar-refractivity contribution < 1.29 is 4.74 Å². The Balaban J connectivity index is 2.04. The lowest BCUT2D eigenvalue weighted by molar-refractivity contribution is 0.415. The maximum absolute atomic E-state index is 5.22. The molecule has 0 amide bonds. The monoisotopic (exact) mass is 271 g/mol. The summed E-state index contributed by atoms with van der Waals surface area (Å²) in [6.07, 6.45) is 4.51. The van der Waals surface area contributed by atoms with Crippen LogP contribution < -0.4 is 4.74 Å². The van der Waals surface area contributed by atoms with Gasteiger partial charge in [0, 0.05) is 24.4 Å². The van der Waals surface area contributed by atoms with Crippen LogP contribution in [0.15, 0.2) is 30.6 Å². The van der Waals surface area contributed by atoms with E-state index in [1.54, 1.807) is 18.4 Å². The molecule has 0 N–H and O–H groups in total. The first kappa shape index (κ1) is 12.0. The molecule has 0 bridgehead atoms. The molecule has 0 fully saturated rings. The van der Waals surface area contributed by atoms with Gasteiger partial charge >= 0.3 is 0 Å². The quantitative estimate of drug-likeness (QED) is 0.733. The standard InChI is InChI=1S/C14H13N3OS/c1-3-13-15-7-9(8-16-13)14-17-11-5-4-10(18-2)6-12(11)19-14/h4-8H,3H2,1-2H3. The van der Waals surface area contributed by atoms with Crippen LogP contribution in [0.5, 0.6) is 5.75 Å². The molecule has 2 aromatic heterocycles. The Morgan fingerprint density at radius 1 is 1.21 bits per heavy atom. The zero-order valence-electron chi connectivity index (χ0n) is 10.8. The van der Waals surface area contributed by atoms with Crippen LogP contribution in [0.25, 0.3) is 20.8 Å². The Morgan fingerprint density at radius 2 is 2.00 bits per heavy atom. The second-order valence-corrected chi connectivity index (χ2v) is 5.12. The highest BCUT2D eigenvalue weighted by Gasteiger charge is 2.08. The first-order valence-electron chi connectivity index (χ1n) is 6.06. The summed E-state index contributed by atoms with van der Waals surface area (Å²) in [6, 6.07) is 5.88. The van der Waals surface area contributed by atoms with E-state index < -0.39 is 0 Å². The van der Waals surface area contributed by atoms with Crippen molar-refractivity contribution in [2.75, 3.05) is 7.11 Å². The zero-order chi connectivity index (χ0) is 13.2. The predicted octanol–water partition coefficient (Wildman–Crippen LogP) is 3.32. The number of hydrogen-bond acceptors (Lipinski definition) is 5. The van der Waals surface area contributed by atoms with Crippen molar-refractivity contribution in [1.82, 2.24) is 15.0 Å². The first-order chi connectivity index (χ1) is 9.30. The van der Waals surface area contributed by atoms with E-state index in [1.165, 1.54) is 0 Å². The van der Waals surface area contributed by atoms with Gasteiger partial charge in [-0.2, -0.15) is 0 Å². The third-order valence-corrected chi connectivity index (χ3v) is 3.93. The average Bonchev–Trinajstić information content (AvgIpc) is 2.90. The molecule has 19 heavy (non-hydrogen) atoms. The summed E-state index contributed by atoms with van der Waals surface area (Å²) in [5.41, 5.74) is 1.93. The summed E-state index contributed by atoms with van der Waals surface area (Å²) in [5.74, 6) is 1.70. The number of rotatable bonds is 3. The van der Waals surface area contributed by atoms with E-state index in [0.29, 0.717) is 0 Å². The number of hydrogen-bond donors (Lipinski definition) is 0. The minimum atomic E-state index is 0.845. The maximum Gasteiger partial charge on any atom is 0.127 e. The molecule has 96 valence electrons. The molecule has 0 aliphatic rings. The van der Waals surface area contributed by atoms with Crippen molar-refractivity contribution in [2.45, 2.75) is 13.3 Å². The number of aromatic nitrogens is 3. The van der Waals surface area contributed by atoms with Crippen LogP contribution in [0.4, 0.5) is 0 Å². The van der Waals surface area contributed by atoms with Gasteiger partial charge in [-0.15, -0.1) is 11.3 Å². The maximum atomic E-state index is 5.22. The minimum Gasteiger partial charge on any atom is -0.497 e. The second kappa shape index (κ2) is 4.93. The van der Waals surface area contributed by atoms with E-state index in [4.69, 9.17) is 4.74 Å². The number of fused-ring (bicyclic) bond motifs is 1. The Kier molecular flexibility index (Phi) is 3.13. The van der Waals surface area contributed by atoms with Gasteiger partial charge in [-0.1, -0.05) is 6.92 Å². The molecule has 3 rings (SSSR count). The van der Waals surface area contributed by atoms with Crippen molar-refractivity contribution in [1.29, 1.82) is 0 Å². The molecule has 1 aromatic carbocycles. The van der Waals surface area contributed by atoms with E-state index >= 15 is 0 Å². The van der Waals surface area contributed by atoms with Gasteiger partial charge in [0.15, 0.2) is 0 Å². The molecular weight excluding hydrogens is 258 g/mol. The summed E-state index contributed by atoms with van der Waals surface area (Å²) < 4.78 is 6.33. The van der Waals surface area contributed by atoms with Crippen molar-refractivity contribution >= 4 is 21.6 Å². The summed E-state index contributed by atoms with van der Waals surface area (Å²) in [5, 5.41) is 0.936. The Labute approximate surface area is 115 Å². The fourth-order valence-electron chi connectivity index (χ4n) is 1.80. The molecule has 0 radical (unpaired) electrons. The number of benzene rings is 1. The summed E-state index contributed by atoms with van der Waals surface area (Å²) in [6.45, 7) is 2.04. The van der Waals surface area contributed by atoms with Crippen LogP contribution in [0.3, 0.4) is 0 Å². The molecule has 2 heterocycles. The average molecular weight is 271 g/mol. The van der Waals surface area contributed by atoms with Gasteiger partial charge in [-0.3, -0.25) is 0 Å². The van der Waals surface area contributed by atoms with E-state index in [1.807, 2.05) is 37.5 Å². The highest BCUT2D eigenvalue weighted by atomic mass is 32.1. The highest BCUT2D eigenvalue weighted by Crippen LogP contribution is 2.31. The van der Waals surface area contributed by atoms with Crippen LogP contribution in [-0.2, 0) is 6.42 Å². The van der Waals surface area contributed by atoms with Crippen molar-refractivity contribution in [3.05, 3.63) is 36.4 Å². The third-order valence-electron chi connectivity index (χ3n) is 2.86. The molecular formula is C14H13N3OS. The number of nitrogens with zero attached hydrogens (tertiary/aromatic N) is 3. The molecule has 5 heteroatoms.